The lowest BCUT2D eigenvalue weighted by Gasteiger charge is -2.32. The third kappa shape index (κ3) is 4.40. The molecule has 5 heteroatoms. The number of benzene rings is 2. The van der Waals surface area contributed by atoms with Crippen molar-refractivity contribution in [1.29, 1.82) is 0 Å². The number of carbonyl (C=O) groups is 2. The minimum absolute atomic E-state index is 0.128. The van der Waals surface area contributed by atoms with Gasteiger partial charge in [-0.15, -0.1) is 11.3 Å². The molecule has 1 aliphatic rings. The Kier molecular flexibility index (Phi) is 6.06. The average Bonchev–Trinajstić information content (AvgIpc) is 3.47. The number of amides is 2. The zero-order chi connectivity index (χ0) is 20.1. The Morgan fingerprint density at radius 2 is 1.55 bits per heavy atom. The van der Waals surface area contributed by atoms with Crippen LogP contribution < -0.4 is 10.2 Å². The third-order valence-electron chi connectivity index (χ3n) is 5.31. The van der Waals surface area contributed by atoms with E-state index in [0.717, 1.165) is 31.2 Å². The Bertz CT molecular complexity index is 936. The summed E-state index contributed by atoms with van der Waals surface area (Å²) >= 11 is 1.39. The Morgan fingerprint density at radius 3 is 2.17 bits per heavy atom. The summed E-state index contributed by atoms with van der Waals surface area (Å²) in [6, 6.07) is 22.1. The lowest BCUT2D eigenvalue weighted by molar-refractivity contribution is -0.123. The summed E-state index contributed by atoms with van der Waals surface area (Å²) in [7, 11) is 0. The lowest BCUT2D eigenvalue weighted by Crippen LogP contribution is -2.46. The van der Waals surface area contributed by atoms with Crippen molar-refractivity contribution >= 4 is 28.8 Å². The van der Waals surface area contributed by atoms with E-state index >= 15 is 0 Å². The van der Waals surface area contributed by atoms with E-state index in [1.54, 1.807) is 11.0 Å². The van der Waals surface area contributed by atoms with Gasteiger partial charge in [0.2, 0.25) is 5.91 Å². The summed E-state index contributed by atoms with van der Waals surface area (Å²) in [5.74, 6) is -0.293. The number of anilines is 1. The maximum absolute atomic E-state index is 13.5. The Balaban J connectivity index is 1.77. The summed E-state index contributed by atoms with van der Waals surface area (Å²) < 4.78 is 0. The number of para-hydroxylation sites is 1. The molecule has 1 heterocycles. The molecular formula is C24H24N2O2S. The Labute approximate surface area is 175 Å². The minimum atomic E-state index is -0.728. The Morgan fingerprint density at radius 1 is 0.897 bits per heavy atom. The number of hydrogen-bond acceptors (Lipinski definition) is 3. The van der Waals surface area contributed by atoms with Gasteiger partial charge >= 0.3 is 0 Å². The first kappa shape index (κ1) is 19.4. The molecule has 0 saturated heterocycles. The van der Waals surface area contributed by atoms with Crippen molar-refractivity contribution in [1.82, 2.24) is 5.32 Å². The first-order valence-corrected chi connectivity index (χ1v) is 10.9. The number of hydrogen-bond donors (Lipinski definition) is 1. The van der Waals surface area contributed by atoms with Crippen LogP contribution in [0.4, 0.5) is 5.69 Å². The largest absolute Gasteiger partial charge is 0.351 e. The normalized spacial score (nSPS) is 15.0. The van der Waals surface area contributed by atoms with Crippen molar-refractivity contribution < 1.29 is 9.59 Å². The van der Waals surface area contributed by atoms with Crippen LogP contribution in [0.25, 0.3) is 0 Å². The van der Waals surface area contributed by atoms with Gasteiger partial charge < -0.3 is 5.32 Å². The second-order valence-electron chi connectivity index (χ2n) is 7.29. The maximum Gasteiger partial charge on any atom is 0.269 e. The van der Waals surface area contributed by atoms with Gasteiger partial charge in [-0.05, 0) is 42.0 Å². The van der Waals surface area contributed by atoms with Gasteiger partial charge in [0, 0.05) is 11.7 Å². The molecule has 3 aromatic rings. The lowest BCUT2D eigenvalue weighted by atomic mass is 10.0. The fraction of sp³-hybridized carbons (Fsp3) is 0.250. The van der Waals surface area contributed by atoms with E-state index in [2.05, 4.69) is 5.32 Å². The van der Waals surface area contributed by atoms with Gasteiger partial charge in [-0.25, -0.2) is 0 Å². The number of thiophene rings is 1. The first-order valence-electron chi connectivity index (χ1n) is 10.0. The van der Waals surface area contributed by atoms with Gasteiger partial charge in [0.25, 0.3) is 5.91 Å². The molecule has 0 radical (unpaired) electrons. The predicted molar refractivity (Wildman–Crippen MR) is 117 cm³/mol. The summed E-state index contributed by atoms with van der Waals surface area (Å²) in [5.41, 5.74) is 1.51. The van der Waals surface area contributed by atoms with E-state index in [1.165, 1.54) is 11.3 Å². The summed E-state index contributed by atoms with van der Waals surface area (Å²) in [5, 5.41) is 5.08. The molecule has 4 nitrogen and oxygen atoms in total. The van der Waals surface area contributed by atoms with E-state index < -0.39 is 6.04 Å². The molecule has 0 aliphatic heterocycles. The van der Waals surface area contributed by atoms with Gasteiger partial charge in [-0.1, -0.05) is 67.4 Å². The quantitative estimate of drug-likeness (QED) is 0.614. The van der Waals surface area contributed by atoms with Gasteiger partial charge in [0.05, 0.1) is 4.88 Å². The fourth-order valence-electron chi connectivity index (χ4n) is 3.89. The van der Waals surface area contributed by atoms with Gasteiger partial charge in [-0.2, -0.15) is 0 Å². The van der Waals surface area contributed by atoms with Gasteiger partial charge in [0.15, 0.2) is 0 Å². The SMILES string of the molecule is O=C(NC1CCCC1)[C@@H](c1ccccc1)N(C(=O)c1cccs1)c1ccccc1. The fourth-order valence-corrected chi connectivity index (χ4v) is 4.55. The van der Waals surface area contributed by atoms with E-state index in [9.17, 15) is 9.59 Å². The molecule has 1 saturated carbocycles. The van der Waals surface area contributed by atoms with Crippen molar-refractivity contribution in [2.24, 2.45) is 0 Å². The van der Waals surface area contributed by atoms with Crippen molar-refractivity contribution in [2.75, 3.05) is 4.90 Å². The summed E-state index contributed by atoms with van der Waals surface area (Å²) in [4.78, 5) is 29.3. The van der Waals surface area contributed by atoms with Crippen LogP contribution in [0.2, 0.25) is 0 Å². The monoisotopic (exact) mass is 404 g/mol. The number of nitrogens with one attached hydrogen (secondary N) is 1. The molecule has 29 heavy (non-hydrogen) atoms. The zero-order valence-corrected chi connectivity index (χ0v) is 17.0. The second kappa shape index (κ2) is 9.05. The van der Waals surface area contributed by atoms with E-state index in [4.69, 9.17) is 0 Å². The van der Waals surface area contributed by atoms with Crippen LogP contribution in [0.1, 0.15) is 47.0 Å². The molecule has 1 N–H and O–H groups in total. The van der Waals surface area contributed by atoms with Crippen LogP contribution >= 0.6 is 11.3 Å². The smallest absolute Gasteiger partial charge is 0.269 e. The van der Waals surface area contributed by atoms with Gasteiger partial charge in [0.1, 0.15) is 6.04 Å². The van der Waals surface area contributed by atoms with E-state index in [0.29, 0.717) is 10.6 Å². The summed E-state index contributed by atoms with van der Waals surface area (Å²) in [6.45, 7) is 0. The van der Waals surface area contributed by atoms with Gasteiger partial charge in [-0.3, -0.25) is 14.5 Å². The molecule has 4 rings (SSSR count). The molecule has 148 valence electrons. The van der Waals surface area contributed by atoms with Crippen LogP contribution in [0.5, 0.6) is 0 Å². The molecule has 0 unspecified atom stereocenters. The molecular weight excluding hydrogens is 380 g/mol. The highest BCUT2D eigenvalue weighted by molar-refractivity contribution is 7.12. The highest BCUT2D eigenvalue weighted by atomic mass is 32.1. The van der Waals surface area contributed by atoms with Crippen molar-refractivity contribution in [3.8, 4) is 0 Å². The highest BCUT2D eigenvalue weighted by Gasteiger charge is 2.34. The predicted octanol–water partition coefficient (Wildman–Crippen LogP) is 5.20. The average molecular weight is 405 g/mol. The zero-order valence-electron chi connectivity index (χ0n) is 16.2. The third-order valence-corrected chi connectivity index (χ3v) is 6.17. The van der Waals surface area contributed by atoms with Crippen molar-refractivity contribution in [3.63, 3.8) is 0 Å². The number of rotatable bonds is 6. The highest BCUT2D eigenvalue weighted by Crippen LogP contribution is 2.31. The second-order valence-corrected chi connectivity index (χ2v) is 8.24. The van der Waals surface area contributed by atoms with Crippen molar-refractivity contribution in [2.45, 2.75) is 37.8 Å². The molecule has 2 aromatic carbocycles. The van der Waals surface area contributed by atoms with E-state index in [1.807, 2.05) is 72.1 Å². The van der Waals surface area contributed by atoms with Crippen LogP contribution in [-0.4, -0.2) is 17.9 Å². The van der Waals surface area contributed by atoms with Crippen LogP contribution in [0.3, 0.4) is 0 Å². The van der Waals surface area contributed by atoms with Crippen molar-refractivity contribution in [3.05, 3.63) is 88.6 Å². The number of nitrogens with zero attached hydrogens (tertiary/aromatic N) is 1. The molecule has 2 amide bonds. The Hall–Kier alpha value is -2.92. The molecule has 1 fully saturated rings. The van der Waals surface area contributed by atoms with E-state index in [-0.39, 0.29) is 17.9 Å². The molecule has 1 atom stereocenters. The first-order chi connectivity index (χ1) is 14.2. The molecule has 1 aromatic heterocycles. The van der Waals surface area contributed by atoms with Crippen LogP contribution in [0, 0.1) is 0 Å². The minimum Gasteiger partial charge on any atom is -0.351 e. The molecule has 0 bridgehead atoms. The topological polar surface area (TPSA) is 49.4 Å². The maximum atomic E-state index is 13.5. The van der Waals surface area contributed by atoms with Crippen LogP contribution in [-0.2, 0) is 4.79 Å². The number of carbonyl (C=O) groups excluding carboxylic acids is 2. The molecule has 0 spiro atoms. The molecule has 1 aliphatic carbocycles. The standard InChI is InChI=1S/C24H24N2O2S/c27-23(25-19-12-7-8-13-19)22(18-10-3-1-4-11-18)26(20-14-5-2-6-15-20)24(28)21-16-9-17-29-21/h1-6,9-11,14-17,19,22H,7-8,12-13H2,(H,25,27)/t22-/m1/s1. The van der Waals surface area contributed by atoms with Crippen LogP contribution in [0.15, 0.2) is 78.2 Å². The summed E-state index contributed by atoms with van der Waals surface area (Å²) in [6.07, 6.45) is 4.27.